The van der Waals surface area contributed by atoms with Crippen molar-refractivity contribution in [2.75, 3.05) is 0 Å². The van der Waals surface area contributed by atoms with Gasteiger partial charge in [0, 0.05) is 20.7 Å². The largest absolute Gasteiger partial charge is 0.426 e. The van der Waals surface area contributed by atoms with Gasteiger partial charge in [0.2, 0.25) is 5.90 Å². The summed E-state index contributed by atoms with van der Waals surface area (Å²) in [6, 6.07) is 21.6. The molecular weight excluding hydrogens is 493 g/mol. The average molecular weight is 508 g/mol. The predicted octanol–water partition coefficient (Wildman–Crippen LogP) is 6.70. The highest BCUT2D eigenvalue weighted by atomic mass is 35.5. The number of hydrogen-bond acceptors (Lipinski definition) is 6. The van der Waals surface area contributed by atoms with Crippen LogP contribution in [0.1, 0.15) is 16.0 Å². The number of carbonyl (C=O) groups is 2. The molecule has 0 saturated heterocycles. The van der Waals surface area contributed by atoms with E-state index in [-0.39, 0.29) is 18.0 Å². The molecule has 0 saturated carbocycles. The van der Waals surface area contributed by atoms with Gasteiger partial charge >= 0.3 is 11.9 Å². The van der Waals surface area contributed by atoms with E-state index in [1.165, 1.54) is 17.4 Å². The van der Waals surface area contributed by atoms with Crippen molar-refractivity contribution < 1.29 is 19.1 Å². The Kier molecular flexibility index (Phi) is 6.20. The summed E-state index contributed by atoms with van der Waals surface area (Å²) in [7, 11) is 0. The summed E-state index contributed by atoms with van der Waals surface area (Å²) in [4.78, 5) is 29.9. The fourth-order valence-electron chi connectivity index (χ4n) is 3.44. The van der Waals surface area contributed by atoms with Gasteiger partial charge in [-0.15, -0.1) is 11.3 Å². The molecule has 1 aliphatic heterocycles. The number of fused-ring (bicyclic) bond motifs is 1. The molecule has 8 heteroatoms. The Hall–Kier alpha value is -3.45. The van der Waals surface area contributed by atoms with Crippen LogP contribution in [0.25, 0.3) is 16.2 Å². The van der Waals surface area contributed by atoms with Gasteiger partial charge in [-0.2, -0.15) is 0 Å². The number of esters is 2. The number of rotatable bonds is 5. The summed E-state index contributed by atoms with van der Waals surface area (Å²) in [5, 5.41) is 1.83. The highest BCUT2D eigenvalue weighted by molar-refractivity contribution is 7.21. The van der Waals surface area contributed by atoms with Crippen LogP contribution in [-0.4, -0.2) is 17.8 Å². The lowest BCUT2D eigenvalue weighted by atomic mass is 10.1. The summed E-state index contributed by atoms with van der Waals surface area (Å²) in [6.45, 7) is 0. The minimum absolute atomic E-state index is 0.0770. The van der Waals surface area contributed by atoms with E-state index in [4.69, 9.17) is 32.7 Å². The molecule has 1 aromatic heterocycles. The zero-order valence-corrected chi connectivity index (χ0v) is 19.8. The summed E-state index contributed by atoms with van der Waals surface area (Å²) in [6.07, 6.45) is 1.66. The van der Waals surface area contributed by atoms with E-state index in [1.807, 2.05) is 36.4 Å². The maximum atomic E-state index is 12.5. The van der Waals surface area contributed by atoms with Crippen LogP contribution in [0.2, 0.25) is 10.0 Å². The van der Waals surface area contributed by atoms with Gasteiger partial charge in [-0.25, -0.2) is 9.79 Å². The van der Waals surface area contributed by atoms with Crippen LogP contribution < -0.4 is 4.74 Å². The molecule has 0 bridgehead atoms. The Balaban J connectivity index is 1.42. The first-order chi connectivity index (χ1) is 16.5. The Morgan fingerprint density at radius 1 is 1.03 bits per heavy atom. The number of thiophene rings is 1. The first-order valence-corrected chi connectivity index (χ1v) is 11.8. The number of ether oxygens (including phenoxy) is 2. The van der Waals surface area contributed by atoms with Gasteiger partial charge in [0.05, 0.1) is 11.4 Å². The molecule has 5 nitrogen and oxygen atoms in total. The molecule has 0 unspecified atom stereocenters. The minimum atomic E-state index is -0.619. The summed E-state index contributed by atoms with van der Waals surface area (Å²) >= 11 is 13.9. The maximum absolute atomic E-state index is 12.5. The Morgan fingerprint density at radius 3 is 2.62 bits per heavy atom. The Morgan fingerprint density at radius 2 is 1.79 bits per heavy atom. The van der Waals surface area contributed by atoms with Crippen LogP contribution in [-0.2, 0) is 20.7 Å². The molecule has 0 fully saturated rings. The molecule has 34 heavy (non-hydrogen) atoms. The zero-order chi connectivity index (χ0) is 23.7. The molecule has 0 N–H and O–H groups in total. The van der Waals surface area contributed by atoms with Gasteiger partial charge in [-0.05, 0) is 29.8 Å². The number of benzene rings is 3. The smallest absolute Gasteiger partial charge is 0.363 e. The Labute approximate surface area is 208 Å². The van der Waals surface area contributed by atoms with E-state index < -0.39 is 11.9 Å². The molecule has 0 aliphatic carbocycles. The molecule has 0 radical (unpaired) electrons. The fourth-order valence-corrected chi connectivity index (χ4v) is 5.16. The molecule has 1 aliphatic rings. The van der Waals surface area contributed by atoms with Crippen molar-refractivity contribution in [1.82, 2.24) is 0 Å². The van der Waals surface area contributed by atoms with Crippen molar-refractivity contribution in [3.05, 3.63) is 105 Å². The van der Waals surface area contributed by atoms with Crippen LogP contribution in [0.4, 0.5) is 0 Å². The van der Waals surface area contributed by atoms with E-state index in [1.54, 1.807) is 36.4 Å². The van der Waals surface area contributed by atoms with Gasteiger partial charge < -0.3 is 9.47 Å². The lowest BCUT2D eigenvalue weighted by Crippen LogP contribution is -2.12. The van der Waals surface area contributed by atoms with Crippen LogP contribution in [0.3, 0.4) is 0 Å². The van der Waals surface area contributed by atoms with Crippen molar-refractivity contribution in [2.24, 2.45) is 4.99 Å². The Bertz CT molecular complexity index is 1490. The SMILES string of the molecule is O=C(Cc1ccccc1)Oc1ccccc1/C=C1/N=C(c2sc3cc(Cl)ccc3c2Cl)OC1=O. The first kappa shape index (κ1) is 22.3. The van der Waals surface area contributed by atoms with Gasteiger partial charge in [0.1, 0.15) is 10.6 Å². The molecule has 3 aromatic carbocycles. The summed E-state index contributed by atoms with van der Waals surface area (Å²) in [5.74, 6) is -0.586. The van der Waals surface area contributed by atoms with Gasteiger partial charge in [-0.3, -0.25) is 4.79 Å². The minimum Gasteiger partial charge on any atom is -0.426 e. The highest BCUT2D eigenvalue weighted by Gasteiger charge is 2.28. The topological polar surface area (TPSA) is 65.0 Å². The second-order valence-electron chi connectivity index (χ2n) is 7.40. The van der Waals surface area contributed by atoms with E-state index in [0.29, 0.717) is 26.2 Å². The van der Waals surface area contributed by atoms with Crippen LogP contribution in [0.15, 0.2) is 83.5 Å². The molecule has 0 amide bonds. The van der Waals surface area contributed by atoms with E-state index >= 15 is 0 Å². The second-order valence-corrected chi connectivity index (χ2v) is 9.26. The fraction of sp³-hybridized carbons (Fsp3) is 0.0385. The van der Waals surface area contributed by atoms with Crippen LogP contribution in [0.5, 0.6) is 5.75 Å². The highest BCUT2D eigenvalue weighted by Crippen LogP contribution is 2.38. The third kappa shape index (κ3) is 4.61. The number of para-hydroxylation sites is 1. The molecule has 0 spiro atoms. The molecular formula is C26H15Cl2NO4S. The molecule has 4 aromatic rings. The third-order valence-corrected chi connectivity index (χ3v) is 6.91. The van der Waals surface area contributed by atoms with E-state index in [9.17, 15) is 9.59 Å². The van der Waals surface area contributed by atoms with Crippen molar-refractivity contribution in [1.29, 1.82) is 0 Å². The van der Waals surface area contributed by atoms with Crippen LogP contribution >= 0.6 is 34.5 Å². The van der Waals surface area contributed by atoms with Crippen molar-refractivity contribution in [3.8, 4) is 5.75 Å². The quantitative estimate of drug-likeness (QED) is 0.171. The number of hydrogen-bond donors (Lipinski definition) is 0. The first-order valence-electron chi connectivity index (χ1n) is 10.2. The number of halogens is 2. The van der Waals surface area contributed by atoms with Crippen molar-refractivity contribution in [2.45, 2.75) is 6.42 Å². The molecule has 5 rings (SSSR count). The summed E-state index contributed by atoms with van der Waals surface area (Å²) in [5.41, 5.74) is 1.45. The standard InChI is InChI=1S/C26H15Cl2NO4S/c27-17-10-11-18-21(14-17)34-24(23(18)28)25-29-19(26(31)33-25)13-16-8-4-5-9-20(16)32-22(30)12-15-6-2-1-3-7-15/h1-11,13-14H,12H2/b19-13+. The number of aliphatic imine (C=N–C) groups is 1. The third-order valence-electron chi connectivity index (χ3n) is 5.03. The van der Waals surface area contributed by atoms with Gasteiger partial charge in [-0.1, -0.05) is 77.8 Å². The lowest BCUT2D eigenvalue weighted by molar-refractivity contribution is -0.133. The predicted molar refractivity (Wildman–Crippen MR) is 135 cm³/mol. The zero-order valence-electron chi connectivity index (χ0n) is 17.5. The van der Waals surface area contributed by atoms with Crippen molar-refractivity contribution in [3.63, 3.8) is 0 Å². The molecule has 2 heterocycles. The molecule has 168 valence electrons. The normalized spacial score (nSPS) is 14.4. The molecule has 0 atom stereocenters. The lowest BCUT2D eigenvalue weighted by Gasteiger charge is -2.07. The summed E-state index contributed by atoms with van der Waals surface area (Å²) < 4.78 is 11.8. The number of cyclic esters (lactones) is 1. The van der Waals surface area contributed by atoms with Gasteiger partial charge in [0.25, 0.3) is 0 Å². The second kappa shape index (κ2) is 9.43. The number of carbonyl (C=O) groups excluding carboxylic acids is 2. The number of nitrogens with zero attached hydrogens (tertiary/aromatic N) is 1. The van der Waals surface area contributed by atoms with Crippen LogP contribution in [0, 0.1) is 0 Å². The average Bonchev–Trinajstić information content (AvgIpc) is 3.34. The van der Waals surface area contributed by atoms with E-state index in [2.05, 4.69) is 4.99 Å². The maximum Gasteiger partial charge on any atom is 0.363 e. The van der Waals surface area contributed by atoms with Gasteiger partial charge in [0.15, 0.2) is 5.70 Å². The van der Waals surface area contributed by atoms with E-state index in [0.717, 1.165) is 15.6 Å². The van der Waals surface area contributed by atoms with Crippen molar-refractivity contribution >= 4 is 68.5 Å². The monoisotopic (exact) mass is 507 g/mol.